The molecule has 0 N–H and O–H groups in total. The first kappa shape index (κ1) is 20.6. The van der Waals surface area contributed by atoms with Crippen LogP contribution in [0, 0.1) is 0 Å². The van der Waals surface area contributed by atoms with E-state index in [1.165, 1.54) is 31.4 Å². The van der Waals surface area contributed by atoms with Crippen LogP contribution < -0.4 is 9.47 Å². The Hall–Kier alpha value is -1.75. The number of rotatable bonds is 11. The molecular formula is C21H30BrN4+. The van der Waals surface area contributed by atoms with Gasteiger partial charge in [-0.15, -0.1) is 0 Å². The molecule has 0 bridgehead atoms. The predicted octanol–water partition coefficient (Wildman–Crippen LogP) is 6.19. The van der Waals surface area contributed by atoms with E-state index in [4.69, 9.17) is 0 Å². The van der Waals surface area contributed by atoms with Gasteiger partial charge in [0.25, 0.3) is 0 Å². The summed E-state index contributed by atoms with van der Waals surface area (Å²) >= 11 is 3.48. The highest BCUT2D eigenvalue weighted by molar-refractivity contribution is 9.09. The molecule has 0 saturated heterocycles. The molecule has 0 amide bonds. The van der Waals surface area contributed by atoms with Gasteiger partial charge in [0, 0.05) is 42.7 Å². The average molecular weight is 418 g/mol. The number of aryl methyl sites for hydroxylation is 1. The van der Waals surface area contributed by atoms with Gasteiger partial charge < -0.3 is 4.90 Å². The van der Waals surface area contributed by atoms with Gasteiger partial charge >= 0.3 is 0 Å². The minimum Gasteiger partial charge on any atom is -0.372 e. The quantitative estimate of drug-likeness (QED) is 0.185. The largest absolute Gasteiger partial charge is 0.372 e. The van der Waals surface area contributed by atoms with Crippen molar-refractivity contribution in [1.29, 1.82) is 0 Å². The SMILES string of the molecule is CCN(CC)c1ccc(/N=N/c2cc[n+](CCCCCCBr)cc2)cc1. The number of unbranched alkanes of at least 4 members (excludes halogenated alkanes) is 3. The summed E-state index contributed by atoms with van der Waals surface area (Å²) in [5.74, 6) is 0. The molecule has 0 saturated carbocycles. The number of pyridine rings is 1. The molecule has 0 aliphatic heterocycles. The summed E-state index contributed by atoms with van der Waals surface area (Å²) in [7, 11) is 0. The first-order valence-electron chi connectivity index (χ1n) is 9.58. The summed E-state index contributed by atoms with van der Waals surface area (Å²) in [4.78, 5) is 2.32. The first-order valence-corrected chi connectivity index (χ1v) is 10.7. The van der Waals surface area contributed by atoms with Crippen LogP contribution in [0.5, 0.6) is 0 Å². The minimum absolute atomic E-state index is 0.879. The van der Waals surface area contributed by atoms with Gasteiger partial charge in [-0.3, -0.25) is 0 Å². The Kier molecular flexibility index (Phi) is 9.32. The molecule has 5 heteroatoms. The molecule has 2 rings (SSSR count). The molecule has 0 spiro atoms. The number of halogens is 1. The van der Waals surface area contributed by atoms with Gasteiger partial charge in [0.15, 0.2) is 12.4 Å². The van der Waals surface area contributed by atoms with Gasteiger partial charge in [-0.05, 0) is 51.0 Å². The van der Waals surface area contributed by atoms with Crippen molar-refractivity contribution in [3.8, 4) is 0 Å². The molecule has 0 aliphatic rings. The third-order valence-corrected chi connectivity index (χ3v) is 4.99. The second-order valence-corrected chi connectivity index (χ2v) is 7.08. The summed E-state index contributed by atoms with van der Waals surface area (Å²) in [6, 6.07) is 12.3. The molecule has 0 aliphatic carbocycles. The molecule has 1 aromatic carbocycles. The number of aromatic nitrogens is 1. The minimum atomic E-state index is 0.879. The second-order valence-electron chi connectivity index (χ2n) is 6.29. The van der Waals surface area contributed by atoms with Gasteiger partial charge in [0.05, 0.1) is 11.4 Å². The monoisotopic (exact) mass is 417 g/mol. The van der Waals surface area contributed by atoms with Crippen LogP contribution in [0.4, 0.5) is 17.1 Å². The van der Waals surface area contributed by atoms with Crippen molar-refractivity contribution < 1.29 is 4.57 Å². The molecule has 2 aromatic rings. The predicted molar refractivity (Wildman–Crippen MR) is 113 cm³/mol. The lowest BCUT2D eigenvalue weighted by Gasteiger charge is -2.20. The van der Waals surface area contributed by atoms with Crippen molar-refractivity contribution in [1.82, 2.24) is 0 Å². The summed E-state index contributed by atoms with van der Waals surface area (Å²) in [6.07, 6.45) is 9.23. The van der Waals surface area contributed by atoms with E-state index >= 15 is 0 Å². The van der Waals surface area contributed by atoms with E-state index in [-0.39, 0.29) is 0 Å². The van der Waals surface area contributed by atoms with E-state index in [9.17, 15) is 0 Å². The lowest BCUT2D eigenvalue weighted by atomic mass is 10.2. The summed E-state index contributed by atoms with van der Waals surface area (Å²) < 4.78 is 2.21. The Morgan fingerprint density at radius 2 is 1.38 bits per heavy atom. The maximum atomic E-state index is 4.35. The van der Waals surface area contributed by atoms with E-state index in [2.05, 4.69) is 74.0 Å². The Morgan fingerprint density at radius 3 is 1.96 bits per heavy atom. The van der Waals surface area contributed by atoms with E-state index < -0.39 is 0 Å². The van der Waals surface area contributed by atoms with Crippen LogP contribution in [-0.2, 0) is 6.54 Å². The lowest BCUT2D eigenvalue weighted by Crippen LogP contribution is -2.32. The fourth-order valence-electron chi connectivity index (χ4n) is 2.84. The van der Waals surface area contributed by atoms with Gasteiger partial charge in [-0.1, -0.05) is 22.4 Å². The third kappa shape index (κ3) is 6.87. The Morgan fingerprint density at radius 1 is 0.808 bits per heavy atom. The summed E-state index contributed by atoms with van der Waals surface area (Å²) in [6.45, 7) is 7.42. The Labute approximate surface area is 166 Å². The standard InChI is InChI=1S/C21H30BrN4/c1-3-26(4-2)21-11-9-19(10-12-21)23-24-20-13-17-25(18-14-20)16-8-6-5-7-15-22/h9-14,17-18H,3-8,15-16H2,1-2H3/q+1. The fraction of sp³-hybridized carbons (Fsp3) is 0.476. The number of nitrogens with zero attached hydrogens (tertiary/aromatic N) is 4. The zero-order chi connectivity index (χ0) is 18.6. The van der Waals surface area contributed by atoms with Gasteiger partial charge in [0.2, 0.25) is 0 Å². The molecule has 1 heterocycles. The molecule has 4 nitrogen and oxygen atoms in total. The molecule has 0 unspecified atom stereocenters. The van der Waals surface area contributed by atoms with Crippen molar-refractivity contribution in [2.75, 3.05) is 23.3 Å². The van der Waals surface area contributed by atoms with E-state index in [0.717, 1.165) is 36.3 Å². The fourth-order valence-corrected chi connectivity index (χ4v) is 3.24. The lowest BCUT2D eigenvalue weighted by molar-refractivity contribution is -0.697. The van der Waals surface area contributed by atoms with Crippen molar-refractivity contribution in [2.45, 2.75) is 46.1 Å². The summed E-state index contributed by atoms with van der Waals surface area (Å²) in [5.41, 5.74) is 2.99. The van der Waals surface area contributed by atoms with Crippen LogP contribution >= 0.6 is 15.9 Å². The van der Waals surface area contributed by atoms with E-state index in [1.807, 2.05) is 24.3 Å². The van der Waals surface area contributed by atoms with Crippen molar-refractivity contribution in [3.05, 3.63) is 48.8 Å². The molecule has 26 heavy (non-hydrogen) atoms. The topological polar surface area (TPSA) is 31.8 Å². The van der Waals surface area contributed by atoms with E-state index in [0.29, 0.717) is 0 Å². The van der Waals surface area contributed by atoms with Crippen molar-refractivity contribution >= 4 is 33.0 Å². The highest BCUT2D eigenvalue weighted by Gasteiger charge is 2.02. The van der Waals surface area contributed by atoms with Gasteiger partial charge in [0.1, 0.15) is 6.54 Å². The van der Waals surface area contributed by atoms with Crippen molar-refractivity contribution in [3.63, 3.8) is 0 Å². The smallest absolute Gasteiger partial charge is 0.171 e. The third-order valence-electron chi connectivity index (χ3n) is 4.43. The molecule has 0 radical (unpaired) electrons. The Balaban J connectivity index is 1.86. The number of hydrogen-bond donors (Lipinski definition) is 0. The molecule has 1 aromatic heterocycles. The average Bonchev–Trinajstić information content (AvgIpc) is 2.69. The molecule has 140 valence electrons. The van der Waals surface area contributed by atoms with E-state index in [1.54, 1.807) is 0 Å². The number of hydrogen-bond acceptors (Lipinski definition) is 3. The zero-order valence-corrected chi connectivity index (χ0v) is 17.5. The number of benzene rings is 1. The highest BCUT2D eigenvalue weighted by Crippen LogP contribution is 2.21. The van der Waals surface area contributed by atoms with Crippen LogP contribution in [0.15, 0.2) is 59.0 Å². The maximum absolute atomic E-state index is 4.35. The molecule has 0 fully saturated rings. The van der Waals surface area contributed by atoms with Crippen LogP contribution in [0.25, 0.3) is 0 Å². The maximum Gasteiger partial charge on any atom is 0.171 e. The zero-order valence-electron chi connectivity index (χ0n) is 15.9. The molecule has 0 atom stereocenters. The van der Waals surface area contributed by atoms with Gasteiger partial charge in [-0.25, -0.2) is 4.57 Å². The van der Waals surface area contributed by atoms with Crippen LogP contribution in [-0.4, -0.2) is 18.4 Å². The normalized spacial score (nSPS) is 11.2. The second kappa shape index (κ2) is 11.8. The highest BCUT2D eigenvalue weighted by atomic mass is 79.9. The van der Waals surface area contributed by atoms with Gasteiger partial charge in [-0.2, -0.15) is 10.2 Å². The van der Waals surface area contributed by atoms with Crippen molar-refractivity contribution in [2.24, 2.45) is 10.2 Å². The van der Waals surface area contributed by atoms with Crippen LogP contribution in [0.2, 0.25) is 0 Å². The van der Waals surface area contributed by atoms with Crippen LogP contribution in [0.1, 0.15) is 39.5 Å². The van der Waals surface area contributed by atoms with Crippen LogP contribution in [0.3, 0.4) is 0 Å². The molecular weight excluding hydrogens is 388 g/mol. The first-order chi connectivity index (χ1) is 12.8. The number of azo groups is 1. The Bertz CT molecular complexity index is 649. The number of anilines is 1. The summed E-state index contributed by atoms with van der Waals surface area (Å²) in [5, 5.41) is 9.80. The number of alkyl halides is 1.